The smallest absolute Gasteiger partial charge is 0.329 e. The lowest BCUT2D eigenvalue weighted by Gasteiger charge is -2.46. The SMILES string of the molecule is O=C(Nc1ccc(CC(NC2=C(Br)C(=O)C23CCCCC3)C(=O)OC2CCOC2)cc1)c1c(Cl)cncc1Cl. The van der Waals surface area contributed by atoms with E-state index in [0.29, 0.717) is 36.2 Å². The zero-order valence-corrected chi connectivity index (χ0v) is 24.2. The Morgan fingerprint density at radius 3 is 2.46 bits per heavy atom. The maximum atomic E-state index is 13.3. The maximum Gasteiger partial charge on any atom is 0.329 e. The van der Waals surface area contributed by atoms with Gasteiger partial charge >= 0.3 is 5.97 Å². The third-order valence-electron chi connectivity index (χ3n) is 7.55. The van der Waals surface area contributed by atoms with E-state index in [2.05, 4.69) is 31.5 Å². The number of carbonyl (C=O) groups excluding carboxylic acids is 3. The fourth-order valence-corrected chi connectivity index (χ4v) is 6.83. The summed E-state index contributed by atoms with van der Waals surface area (Å²) in [6.07, 6.45) is 8.05. The minimum Gasteiger partial charge on any atom is -0.458 e. The van der Waals surface area contributed by atoms with Crippen molar-refractivity contribution in [2.45, 2.75) is 57.1 Å². The number of carbonyl (C=O) groups is 3. The first-order valence-electron chi connectivity index (χ1n) is 13.0. The molecule has 1 spiro atoms. The normalized spacial score (nSPS) is 20.9. The highest BCUT2D eigenvalue weighted by Gasteiger charge is 2.54. The van der Waals surface area contributed by atoms with Gasteiger partial charge in [-0.05, 0) is 46.5 Å². The Labute approximate surface area is 244 Å². The zero-order chi connectivity index (χ0) is 27.6. The molecule has 2 heterocycles. The van der Waals surface area contributed by atoms with Crippen LogP contribution in [0.1, 0.15) is 54.4 Å². The van der Waals surface area contributed by atoms with E-state index in [0.717, 1.165) is 43.4 Å². The molecule has 2 atom stereocenters. The molecule has 8 nitrogen and oxygen atoms in total. The van der Waals surface area contributed by atoms with E-state index in [1.54, 1.807) is 12.1 Å². The van der Waals surface area contributed by atoms with Crippen LogP contribution >= 0.6 is 39.1 Å². The minimum absolute atomic E-state index is 0.107. The van der Waals surface area contributed by atoms with Gasteiger partial charge in [-0.2, -0.15) is 0 Å². The van der Waals surface area contributed by atoms with Gasteiger partial charge in [0.15, 0.2) is 5.78 Å². The van der Waals surface area contributed by atoms with E-state index < -0.39 is 17.4 Å². The number of nitrogens with zero attached hydrogens (tertiary/aromatic N) is 1. The molecule has 2 aliphatic carbocycles. The molecular formula is C28H28BrCl2N3O5. The van der Waals surface area contributed by atoms with Gasteiger partial charge in [-0.15, -0.1) is 0 Å². The number of hydrogen-bond donors (Lipinski definition) is 2. The molecule has 11 heteroatoms. The molecule has 0 radical (unpaired) electrons. The van der Waals surface area contributed by atoms with Crippen LogP contribution in [0, 0.1) is 5.41 Å². The number of halogens is 3. The second kappa shape index (κ2) is 12.0. The topological polar surface area (TPSA) is 107 Å². The van der Waals surface area contributed by atoms with Crippen LogP contribution in [0.2, 0.25) is 10.0 Å². The Kier molecular flexibility index (Phi) is 8.61. The predicted molar refractivity (Wildman–Crippen MR) is 151 cm³/mol. The van der Waals surface area contributed by atoms with Crippen molar-refractivity contribution in [3.63, 3.8) is 0 Å². The quantitative estimate of drug-likeness (QED) is 0.363. The Hall–Kier alpha value is -2.46. The molecule has 1 aromatic heterocycles. The highest BCUT2D eigenvalue weighted by molar-refractivity contribution is 9.12. The number of anilines is 1. The molecule has 2 aromatic rings. The number of hydrogen-bond acceptors (Lipinski definition) is 7. The van der Waals surface area contributed by atoms with Gasteiger partial charge in [0.05, 0.1) is 38.7 Å². The first-order valence-corrected chi connectivity index (χ1v) is 14.5. The number of benzene rings is 1. The van der Waals surface area contributed by atoms with Gasteiger partial charge in [-0.1, -0.05) is 54.6 Å². The van der Waals surface area contributed by atoms with E-state index in [1.165, 1.54) is 12.4 Å². The number of esters is 1. The Morgan fingerprint density at radius 2 is 1.82 bits per heavy atom. The van der Waals surface area contributed by atoms with Crippen molar-refractivity contribution >= 4 is 62.5 Å². The number of ketones is 1. The summed E-state index contributed by atoms with van der Waals surface area (Å²) >= 11 is 15.6. The summed E-state index contributed by atoms with van der Waals surface area (Å²) in [7, 11) is 0. The largest absolute Gasteiger partial charge is 0.458 e. The third kappa shape index (κ3) is 5.87. The summed E-state index contributed by atoms with van der Waals surface area (Å²) in [5.41, 5.74) is 1.79. The van der Waals surface area contributed by atoms with Crippen molar-refractivity contribution in [3.05, 3.63) is 68.0 Å². The number of aromatic nitrogens is 1. The molecule has 2 fully saturated rings. The van der Waals surface area contributed by atoms with Crippen LogP contribution in [0.15, 0.2) is 46.8 Å². The summed E-state index contributed by atoms with van der Waals surface area (Å²) in [5.74, 6) is -0.732. The number of Topliss-reactive ketones (excluding diaryl/α,β-unsaturated/α-hetero) is 1. The summed E-state index contributed by atoms with van der Waals surface area (Å²) in [6.45, 7) is 0.945. The van der Waals surface area contributed by atoms with E-state index in [-0.39, 0.29) is 33.5 Å². The van der Waals surface area contributed by atoms with Crippen molar-refractivity contribution in [2.24, 2.45) is 5.41 Å². The lowest BCUT2D eigenvalue weighted by atomic mass is 9.62. The van der Waals surface area contributed by atoms with Crippen molar-refractivity contribution in [2.75, 3.05) is 18.5 Å². The molecule has 0 bridgehead atoms. The molecule has 206 valence electrons. The van der Waals surface area contributed by atoms with Crippen molar-refractivity contribution in [1.29, 1.82) is 0 Å². The number of amides is 1. The number of pyridine rings is 1. The number of nitrogens with one attached hydrogen (secondary N) is 2. The first kappa shape index (κ1) is 28.1. The Morgan fingerprint density at radius 1 is 1.13 bits per heavy atom. The lowest BCUT2D eigenvalue weighted by Crippen LogP contribution is -2.54. The third-order valence-corrected chi connectivity index (χ3v) is 8.87. The monoisotopic (exact) mass is 635 g/mol. The molecule has 1 saturated carbocycles. The minimum atomic E-state index is -0.699. The van der Waals surface area contributed by atoms with Gasteiger partial charge in [0.2, 0.25) is 0 Å². The highest BCUT2D eigenvalue weighted by atomic mass is 79.9. The van der Waals surface area contributed by atoms with Crippen molar-refractivity contribution in [1.82, 2.24) is 10.3 Å². The van der Waals surface area contributed by atoms with Gasteiger partial charge in [-0.25, -0.2) is 4.79 Å². The second-order valence-corrected chi connectivity index (χ2v) is 11.7. The van der Waals surface area contributed by atoms with Crippen molar-refractivity contribution in [3.8, 4) is 0 Å². The number of rotatable bonds is 8. The molecule has 1 amide bonds. The predicted octanol–water partition coefficient (Wildman–Crippen LogP) is 5.61. The molecule has 1 aromatic carbocycles. The summed E-state index contributed by atoms with van der Waals surface area (Å²) in [6, 6.07) is 6.45. The standard InChI is InChI=1S/C28H28BrCl2N3O5/c29-23-24(28(25(23)35)9-2-1-3-10-28)34-21(27(37)39-18-8-11-38-15-18)12-16-4-6-17(7-5-16)33-26(36)22-19(30)13-32-14-20(22)31/h4-7,13-14,18,21,34H,1-3,8-12,15H2,(H,33,36). The molecule has 3 aliphatic rings. The average molecular weight is 637 g/mol. The molecule has 1 aliphatic heterocycles. The molecule has 39 heavy (non-hydrogen) atoms. The van der Waals surface area contributed by atoms with Crippen LogP contribution in [-0.2, 0) is 25.5 Å². The number of allylic oxidation sites excluding steroid dienone is 2. The molecular weight excluding hydrogens is 609 g/mol. The average Bonchev–Trinajstić information content (AvgIpc) is 3.44. The number of ether oxygens (including phenoxy) is 2. The van der Waals surface area contributed by atoms with Gasteiger partial charge in [0.1, 0.15) is 12.1 Å². The van der Waals surface area contributed by atoms with Crippen LogP contribution in [-0.4, -0.2) is 48.0 Å². The lowest BCUT2D eigenvalue weighted by molar-refractivity contribution is -0.151. The van der Waals surface area contributed by atoms with Gasteiger partial charge in [0, 0.05) is 36.6 Å². The van der Waals surface area contributed by atoms with Crippen LogP contribution in [0.5, 0.6) is 0 Å². The summed E-state index contributed by atoms with van der Waals surface area (Å²) < 4.78 is 11.6. The van der Waals surface area contributed by atoms with Crippen molar-refractivity contribution < 1.29 is 23.9 Å². The van der Waals surface area contributed by atoms with Gasteiger partial charge < -0.3 is 20.1 Å². The van der Waals surface area contributed by atoms with Gasteiger partial charge in [-0.3, -0.25) is 14.6 Å². The summed E-state index contributed by atoms with van der Waals surface area (Å²) in [4.78, 5) is 42.8. The molecule has 2 N–H and O–H groups in total. The molecule has 5 rings (SSSR count). The van der Waals surface area contributed by atoms with E-state index in [1.807, 2.05) is 12.1 Å². The Bertz CT molecular complexity index is 1280. The van der Waals surface area contributed by atoms with Crippen LogP contribution < -0.4 is 10.6 Å². The van der Waals surface area contributed by atoms with Gasteiger partial charge in [0.25, 0.3) is 5.91 Å². The van der Waals surface area contributed by atoms with Crippen LogP contribution in [0.4, 0.5) is 5.69 Å². The first-order chi connectivity index (χ1) is 18.8. The fourth-order valence-electron chi connectivity index (χ4n) is 5.42. The van der Waals surface area contributed by atoms with Crippen LogP contribution in [0.25, 0.3) is 0 Å². The van der Waals surface area contributed by atoms with E-state index in [4.69, 9.17) is 32.7 Å². The Balaban J connectivity index is 1.32. The van der Waals surface area contributed by atoms with E-state index in [9.17, 15) is 14.4 Å². The maximum absolute atomic E-state index is 13.3. The zero-order valence-electron chi connectivity index (χ0n) is 21.1. The van der Waals surface area contributed by atoms with Crippen LogP contribution in [0.3, 0.4) is 0 Å². The second-order valence-electron chi connectivity index (χ2n) is 10.1. The molecule has 2 unspecified atom stereocenters. The summed E-state index contributed by atoms with van der Waals surface area (Å²) in [5, 5.41) is 6.48. The van der Waals surface area contributed by atoms with E-state index >= 15 is 0 Å². The molecule has 1 saturated heterocycles. The fraction of sp³-hybridized carbons (Fsp3) is 0.429. The highest BCUT2D eigenvalue weighted by Crippen LogP contribution is 2.53.